The molecule has 0 aliphatic heterocycles. The van der Waals surface area contributed by atoms with Crippen LogP contribution in [0.3, 0.4) is 0 Å². The summed E-state index contributed by atoms with van der Waals surface area (Å²) in [6.45, 7) is 0.223. The van der Waals surface area contributed by atoms with E-state index in [4.69, 9.17) is 11.5 Å². The average Bonchev–Trinajstić information content (AvgIpc) is 3.38. The Labute approximate surface area is 240 Å². The van der Waals surface area contributed by atoms with Crippen LogP contribution in [0.15, 0.2) is 54.7 Å². The first kappa shape index (κ1) is 29.5. The van der Waals surface area contributed by atoms with Gasteiger partial charge in [-0.1, -0.05) is 24.3 Å². The van der Waals surface area contributed by atoms with E-state index in [1.807, 2.05) is 18.3 Å². The van der Waals surface area contributed by atoms with Gasteiger partial charge in [-0.15, -0.1) is 0 Å². The van der Waals surface area contributed by atoms with Crippen LogP contribution < -0.4 is 22.1 Å². The van der Waals surface area contributed by atoms with E-state index in [2.05, 4.69) is 25.6 Å². The molecule has 2 aromatic heterocycles. The lowest BCUT2D eigenvalue weighted by Gasteiger charge is -2.15. The second-order valence-corrected chi connectivity index (χ2v) is 9.67. The number of anilines is 2. The van der Waals surface area contributed by atoms with Crippen molar-refractivity contribution in [2.45, 2.75) is 38.1 Å². The molecule has 0 radical (unpaired) electrons. The van der Waals surface area contributed by atoms with Gasteiger partial charge in [0, 0.05) is 18.3 Å². The number of nitrogens with two attached hydrogens (primary N) is 2. The number of H-pyrrole nitrogens is 1. The first-order valence-electron chi connectivity index (χ1n) is 13.3. The van der Waals surface area contributed by atoms with Gasteiger partial charge in [0.2, 0.25) is 5.95 Å². The van der Waals surface area contributed by atoms with Gasteiger partial charge in [-0.3, -0.25) is 9.59 Å². The van der Waals surface area contributed by atoms with E-state index in [1.54, 1.807) is 18.2 Å². The van der Waals surface area contributed by atoms with Gasteiger partial charge >= 0.3 is 11.9 Å². The van der Waals surface area contributed by atoms with E-state index < -0.39 is 29.8 Å². The molecule has 0 unspecified atom stereocenters. The number of aliphatic carboxylic acids is 1. The van der Waals surface area contributed by atoms with E-state index in [0.29, 0.717) is 42.7 Å². The van der Waals surface area contributed by atoms with Gasteiger partial charge in [-0.2, -0.15) is 9.97 Å². The fourth-order valence-corrected chi connectivity index (χ4v) is 4.58. The number of nitrogens with one attached hydrogen (secondary N) is 3. The zero-order chi connectivity index (χ0) is 30.2. The number of fused-ring (bicyclic) bond motifs is 1. The van der Waals surface area contributed by atoms with Crippen molar-refractivity contribution < 1.29 is 29.4 Å². The van der Waals surface area contributed by atoms with Gasteiger partial charge in [0.1, 0.15) is 17.5 Å². The van der Waals surface area contributed by atoms with Crippen LogP contribution in [-0.4, -0.2) is 61.5 Å². The largest absolute Gasteiger partial charge is 0.480 e. The molecule has 218 valence electrons. The van der Waals surface area contributed by atoms with Crippen molar-refractivity contribution in [3.8, 4) is 0 Å². The van der Waals surface area contributed by atoms with Gasteiger partial charge in [-0.05, 0) is 67.5 Å². The van der Waals surface area contributed by atoms with Crippen molar-refractivity contribution in [2.24, 2.45) is 0 Å². The molecule has 9 N–H and O–H groups in total. The predicted molar refractivity (Wildman–Crippen MR) is 155 cm³/mol. The van der Waals surface area contributed by atoms with Gasteiger partial charge in [0.25, 0.3) is 11.8 Å². The zero-order valence-corrected chi connectivity index (χ0v) is 22.6. The normalized spacial score (nSPS) is 11.6. The molecule has 13 heteroatoms. The number of carboxylic acid groups (broad SMARTS) is 2. The molecular formula is C29H31N7O6. The Bertz CT molecular complexity index is 1620. The van der Waals surface area contributed by atoms with E-state index in [0.717, 1.165) is 16.5 Å². The van der Waals surface area contributed by atoms with Crippen LogP contribution in [0, 0.1) is 0 Å². The third-order valence-electron chi connectivity index (χ3n) is 6.77. The molecule has 13 nitrogen and oxygen atoms in total. The van der Waals surface area contributed by atoms with Crippen LogP contribution >= 0.6 is 0 Å². The number of carboxylic acids is 2. The number of amides is 2. The number of carbonyl (C=O) groups excluding carboxylic acids is 2. The van der Waals surface area contributed by atoms with Gasteiger partial charge < -0.3 is 37.3 Å². The lowest BCUT2D eigenvalue weighted by molar-refractivity contribution is -0.139. The minimum atomic E-state index is -1.20. The number of aromatic nitrogens is 3. The van der Waals surface area contributed by atoms with Crippen molar-refractivity contribution in [1.82, 2.24) is 25.6 Å². The summed E-state index contributed by atoms with van der Waals surface area (Å²) in [5.41, 5.74) is 14.4. The number of aromatic amines is 1. The highest BCUT2D eigenvalue weighted by molar-refractivity contribution is 6.04. The minimum Gasteiger partial charge on any atom is -0.480 e. The number of hydrogen-bond donors (Lipinski definition) is 7. The Morgan fingerprint density at radius 2 is 1.60 bits per heavy atom. The summed E-state index contributed by atoms with van der Waals surface area (Å²) in [5.74, 6) is -3.00. The van der Waals surface area contributed by atoms with Gasteiger partial charge in [0.05, 0.1) is 16.5 Å². The smallest absolute Gasteiger partial charge is 0.336 e. The molecule has 0 aliphatic rings. The molecule has 4 aromatic rings. The minimum absolute atomic E-state index is 0.0505. The van der Waals surface area contributed by atoms with Crippen molar-refractivity contribution in [3.63, 3.8) is 0 Å². The molecular weight excluding hydrogens is 542 g/mol. The highest BCUT2D eigenvalue weighted by atomic mass is 16.4. The lowest BCUT2D eigenvalue weighted by Crippen LogP contribution is -2.40. The van der Waals surface area contributed by atoms with Crippen molar-refractivity contribution >= 4 is 46.6 Å². The summed E-state index contributed by atoms with van der Waals surface area (Å²) >= 11 is 0. The quantitative estimate of drug-likeness (QED) is 0.116. The third-order valence-corrected chi connectivity index (χ3v) is 6.77. The second kappa shape index (κ2) is 13.3. The summed E-state index contributed by atoms with van der Waals surface area (Å²) < 4.78 is 0. The molecule has 4 rings (SSSR count). The molecule has 42 heavy (non-hydrogen) atoms. The molecule has 0 bridgehead atoms. The maximum Gasteiger partial charge on any atom is 0.336 e. The Kier molecular flexibility index (Phi) is 9.32. The Hall–Kier alpha value is -5.46. The molecule has 0 aliphatic carbocycles. The van der Waals surface area contributed by atoms with Gasteiger partial charge in [-0.25, -0.2) is 9.59 Å². The SMILES string of the molecule is Nc1nc(N)c2c(CCc3ccc(C(=O)N[C@@H](CCCCNC(=O)c4ccccc4C(=O)O)C(=O)O)cc3)c[nH]c2n1. The average molecular weight is 574 g/mol. The molecule has 0 fully saturated rings. The number of carbonyl (C=O) groups is 4. The van der Waals surface area contributed by atoms with Crippen LogP contribution in [0.25, 0.3) is 11.0 Å². The van der Waals surface area contributed by atoms with Crippen LogP contribution in [0.4, 0.5) is 11.8 Å². The van der Waals surface area contributed by atoms with Crippen molar-refractivity contribution in [3.05, 3.63) is 82.5 Å². The summed E-state index contributed by atoms with van der Waals surface area (Å²) in [4.78, 5) is 59.3. The maximum absolute atomic E-state index is 12.7. The number of aryl methyl sites for hydroxylation is 2. The Balaban J connectivity index is 1.24. The number of hydrogen-bond acceptors (Lipinski definition) is 8. The zero-order valence-electron chi connectivity index (χ0n) is 22.6. The number of aromatic carboxylic acids is 1. The standard InChI is InChI=1S/C29H31N7O6/c30-23-22-18(15-33-24(22)36-29(31)35-23)13-10-16-8-11-17(12-9-16)25(37)34-21(28(41)42)7-3-4-14-32-26(38)19-5-1-2-6-20(19)27(39)40/h1-2,5-6,8-9,11-12,15,21H,3-4,7,10,13-14H2,(H,32,38)(H,34,37)(H,39,40)(H,41,42)(H5,30,31,33,35,36)/t21-/m0/s1. The molecule has 1 atom stereocenters. The topological polar surface area (TPSA) is 226 Å². The maximum atomic E-state index is 12.7. The number of benzene rings is 2. The number of unbranched alkanes of at least 4 members (excludes halogenated alkanes) is 1. The van der Waals surface area contributed by atoms with E-state index in [-0.39, 0.29) is 30.0 Å². The number of nitrogen functional groups attached to an aromatic ring is 2. The highest BCUT2D eigenvalue weighted by Crippen LogP contribution is 2.24. The summed E-state index contributed by atoms with van der Waals surface area (Å²) in [7, 11) is 0. The van der Waals surface area contributed by atoms with E-state index >= 15 is 0 Å². The lowest BCUT2D eigenvalue weighted by atomic mass is 10.0. The van der Waals surface area contributed by atoms with E-state index in [9.17, 15) is 29.4 Å². The first-order chi connectivity index (χ1) is 20.1. The summed E-state index contributed by atoms with van der Waals surface area (Å²) in [5, 5.41) is 24.7. The summed E-state index contributed by atoms with van der Waals surface area (Å²) in [6.07, 6.45) is 4.13. The van der Waals surface area contributed by atoms with Crippen LogP contribution in [0.5, 0.6) is 0 Å². The molecule has 2 heterocycles. The van der Waals surface area contributed by atoms with Crippen LogP contribution in [-0.2, 0) is 17.6 Å². The van der Waals surface area contributed by atoms with Crippen LogP contribution in [0.1, 0.15) is 61.5 Å². The fourth-order valence-electron chi connectivity index (χ4n) is 4.58. The van der Waals surface area contributed by atoms with E-state index in [1.165, 1.54) is 18.2 Å². The van der Waals surface area contributed by atoms with Crippen molar-refractivity contribution in [2.75, 3.05) is 18.0 Å². The predicted octanol–water partition coefficient (Wildman–Crippen LogP) is 2.39. The Morgan fingerprint density at radius 1 is 0.881 bits per heavy atom. The summed E-state index contributed by atoms with van der Waals surface area (Å²) in [6, 6.07) is 11.7. The fraction of sp³-hybridized carbons (Fsp3) is 0.241. The number of rotatable bonds is 13. The number of nitrogens with zero attached hydrogens (tertiary/aromatic N) is 2. The second-order valence-electron chi connectivity index (χ2n) is 9.67. The van der Waals surface area contributed by atoms with Crippen LogP contribution in [0.2, 0.25) is 0 Å². The molecule has 2 aromatic carbocycles. The third kappa shape index (κ3) is 7.18. The monoisotopic (exact) mass is 573 g/mol. The Morgan fingerprint density at radius 3 is 2.29 bits per heavy atom. The van der Waals surface area contributed by atoms with Gasteiger partial charge in [0.15, 0.2) is 0 Å². The van der Waals surface area contributed by atoms with Crippen molar-refractivity contribution in [1.29, 1.82) is 0 Å². The molecule has 2 amide bonds. The molecule has 0 saturated heterocycles. The molecule has 0 saturated carbocycles. The first-order valence-corrected chi connectivity index (χ1v) is 13.3. The highest BCUT2D eigenvalue weighted by Gasteiger charge is 2.21. The molecule has 0 spiro atoms.